The molecule has 0 saturated carbocycles. The van der Waals surface area contributed by atoms with E-state index in [0.29, 0.717) is 5.56 Å². The van der Waals surface area contributed by atoms with E-state index in [1.807, 2.05) is 4.72 Å². The number of halogens is 2. The Morgan fingerprint density at radius 1 is 1.14 bits per heavy atom. The molecule has 110 valence electrons. The number of hydrogen-bond acceptors (Lipinski definition) is 3. The molecule has 0 heterocycles. The maximum atomic E-state index is 13.5. The molecule has 0 aliphatic carbocycles. The number of hydrogen-bond donors (Lipinski definition) is 2. The summed E-state index contributed by atoms with van der Waals surface area (Å²) in [5, 5.41) is 0. The molecule has 2 rings (SSSR count). The summed E-state index contributed by atoms with van der Waals surface area (Å²) in [4.78, 5) is -0.125. The Morgan fingerprint density at radius 3 is 2.48 bits per heavy atom. The molecular formula is C13H10F2N2O2S2. The van der Waals surface area contributed by atoms with Crippen LogP contribution in [0.15, 0.2) is 47.4 Å². The number of rotatable bonds is 4. The number of thiocarbonyl (C=S) groups is 1. The summed E-state index contributed by atoms with van der Waals surface area (Å²) in [6.07, 6.45) is 0. The van der Waals surface area contributed by atoms with E-state index in [1.165, 1.54) is 24.3 Å². The van der Waals surface area contributed by atoms with Gasteiger partial charge in [0.25, 0.3) is 10.0 Å². The largest absolute Gasteiger partial charge is 0.389 e. The quantitative estimate of drug-likeness (QED) is 0.846. The van der Waals surface area contributed by atoms with E-state index >= 15 is 0 Å². The van der Waals surface area contributed by atoms with Crippen molar-refractivity contribution in [3.8, 4) is 0 Å². The highest BCUT2D eigenvalue weighted by molar-refractivity contribution is 7.92. The van der Waals surface area contributed by atoms with Crippen molar-refractivity contribution >= 4 is 32.9 Å². The van der Waals surface area contributed by atoms with Gasteiger partial charge >= 0.3 is 0 Å². The molecule has 3 N–H and O–H groups in total. The van der Waals surface area contributed by atoms with Gasteiger partial charge in [-0.05, 0) is 24.3 Å². The minimum absolute atomic E-state index is 0.0315. The van der Waals surface area contributed by atoms with E-state index in [-0.39, 0.29) is 9.88 Å². The van der Waals surface area contributed by atoms with Crippen LogP contribution in [-0.4, -0.2) is 13.4 Å². The van der Waals surface area contributed by atoms with Crippen LogP contribution in [-0.2, 0) is 10.0 Å². The van der Waals surface area contributed by atoms with Gasteiger partial charge in [0, 0.05) is 5.56 Å². The Bertz CT molecular complexity index is 808. The summed E-state index contributed by atoms with van der Waals surface area (Å²) in [6.45, 7) is 0. The van der Waals surface area contributed by atoms with E-state index in [1.54, 1.807) is 6.07 Å². The molecule has 2 aromatic rings. The van der Waals surface area contributed by atoms with Crippen LogP contribution in [0.25, 0.3) is 0 Å². The van der Waals surface area contributed by atoms with Gasteiger partial charge in [0.05, 0.1) is 10.6 Å². The SMILES string of the molecule is NC(=S)c1cccc(S(=O)(=O)Nc2cccc(F)c2F)c1. The fraction of sp³-hybridized carbons (Fsp3) is 0. The normalized spacial score (nSPS) is 11.1. The second-order valence-corrected chi connectivity index (χ2v) is 6.22. The Labute approximate surface area is 125 Å². The van der Waals surface area contributed by atoms with Crippen LogP contribution >= 0.6 is 12.2 Å². The summed E-state index contributed by atoms with van der Waals surface area (Å²) in [7, 11) is -4.08. The lowest BCUT2D eigenvalue weighted by molar-refractivity contribution is 0.511. The molecule has 0 aliphatic rings. The van der Waals surface area contributed by atoms with Gasteiger partial charge in [0.15, 0.2) is 11.6 Å². The minimum atomic E-state index is -4.08. The Balaban J connectivity index is 2.41. The smallest absolute Gasteiger partial charge is 0.262 e. The van der Waals surface area contributed by atoms with E-state index in [9.17, 15) is 17.2 Å². The Kier molecular flexibility index (Phi) is 4.19. The molecule has 8 heteroatoms. The van der Waals surface area contributed by atoms with Crippen LogP contribution in [0.5, 0.6) is 0 Å². The van der Waals surface area contributed by atoms with Crippen molar-refractivity contribution in [1.29, 1.82) is 0 Å². The summed E-state index contributed by atoms with van der Waals surface area (Å²) in [5.74, 6) is -2.42. The third kappa shape index (κ3) is 3.34. The molecule has 0 spiro atoms. The zero-order valence-electron chi connectivity index (χ0n) is 10.5. The maximum Gasteiger partial charge on any atom is 0.262 e. The molecule has 0 atom stereocenters. The summed E-state index contributed by atoms with van der Waals surface area (Å²) in [6, 6.07) is 8.74. The lowest BCUT2D eigenvalue weighted by atomic mass is 10.2. The molecule has 0 bridgehead atoms. The van der Waals surface area contributed by atoms with Gasteiger partial charge in [0.2, 0.25) is 0 Å². The lowest BCUT2D eigenvalue weighted by Gasteiger charge is -2.10. The van der Waals surface area contributed by atoms with Gasteiger partial charge in [-0.3, -0.25) is 4.72 Å². The molecule has 0 amide bonds. The van der Waals surface area contributed by atoms with Crippen LogP contribution in [0.2, 0.25) is 0 Å². The van der Waals surface area contributed by atoms with Crippen molar-refractivity contribution in [1.82, 2.24) is 0 Å². The lowest BCUT2D eigenvalue weighted by Crippen LogP contribution is -2.16. The molecule has 0 fully saturated rings. The van der Waals surface area contributed by atoms with Gasteiger partial charge in [-0.15, -0.1) is 0 Å². The predicted molar refractivity (Wildman–Crippen MR) is 79.5 cm³/mol. The van der Waals surface area contributed by atoms with Crippen molar-refractivity contribution in [2.75, 3.05) is 4.72 Å². The predicted octanol–water partition coefficient (Wildman–Crippen LogP) is 2.40. The first kappa shape index (κ1) is 15.3. The number of nitrogens with one attached hydrogen (secondary N) is 1. The Hall–Kier alpha value is -2.06. The monoisotopic (exact) mass is 328 g/mol. The topological polar surface area (TPSA) is 72.2 Å². The third-order valence-electron chi connectivity index (χ3n) is 2.62. The number of anilines is 1. The van der Waals surface area contributed by atoms with E-state index < -0.39 is 27.3 Å². The first-order valence-electron chi connectivity index (χ1n) is 5.68. The third-order valence-corrected chi connectivity index (χ3v) is 4.22. The van der Waals surface area contributed by atoms with Gasteiger partial charge < -0.3 is 5.73 Å². The van der Waals surface area contributed by atoms with Gasteiger partial charge in [0.1, 0.15) is 4.99 Å². The second kappa shape index (κ2) is 5.74. The van der Waals surface area contributed by atoms with Gasteiger partial charge in [-0.25, -0.2) is 17.2 Å². The fourth-order valence-electron chi connectivity index (χ4n) is 1.60. The fourth-order valence-corrected chi connectivity index (χ4v) is 2.83. The van der Waals surface area contributed by atoms with Crippen LogP contribution < -0.4 is 10.5 Å². The number of benzene rings is 2. The van der Waals surface area contributed by atoms with E-state index in [4.69, 9.17) is 18.0 Å². The maximum absolute atomic E-state index is 13.5. The summed E-state index contributed by atoms with van der Waals surface area (Å²) < 4.78 is 52.9. The van der Waals surface area contributed by atoms with Crippen molar-refractivity contribution in [3.63, 3.8) is 0 Å². The van der Waals surface area contributed by atoms with E-state index in [0.717, 1.165) is 12.1 Å². The highest BCUT2D eigenvalue weighted by Gasteiger charge is 2.18. The van der Waals surface area contributed by atoms with Crippen molar-refractivity contribution in [2.45, 2.75) is 4.90 Å². The van der Waals surface area contributed by atoms with Crippen LogP contribution in [0.3, 0.4) is 0 Å². The molecule has 0 unspecified atom stereocenters. The zero-order chi connectivity index (χ0) is 15.6. The molecule has 0 aliphatic heterocycles. The van der Waals surface area contributed by atoms with Crippen LogP contribution in [0.4, 0.5) is 14.5 Å². The standard InChI is InChI=1S/C13H10F2N2O2S2/c14-10-5-2-6-11(12(10)15)17-21(18,19)9-4-1-3-8(7-9)13(16)20/h1-7,17H,(H2,16,20). The molecule has 2 aromatic carbocycles. The molecular weight excluding hydrogens is 318 g/mol. The van der Waals surface area contributed by atoms with Gasteiger partial charge in [-0.1, -0.05) is 30.4 Å². The molecule has 0 aromatic heterocycles. The van der Waals surface area contributed by atoms with Gasteiger partial charge in [-0.2, -0.15) is 0 Å². The first-order valence-corrected chi connectivity index (χ1v) is 7.57. The average molecular weight is 328 g/mol. The molecule has 4 nitrogen and oxygen atoms in total. The van der Waals surface area contributed by atoms with Crippen molar-refractivity contribution < 1.29 is 17.2 Å². The molecule has 0 radical (unpaired) electrons. The van der Waals surface area contributed by atoms with Crippen LogP contribution in [0.1, 0.15) is 5.56 Å². The summed E-state index contributed by atoms with van der Waals surface area (Å²) in [5.41, 5.74) is 5.31. The summed E-state index contributed by atoms with van der Waals surface area (Å²) >= 11 is 4.77. The first-order chi connectivity index (χ1) is 9.81. The average Bonchev–Trinajstić information content (AvgIpc) is 2.44. The van der Waals surface area contributed by atoms with Crippen LogP contribution in [0, 0.1) is 11.6 Å². The highest BCUT2D eigenvalue weighted by Crippen LogP contribution is 2.21. The molecule has 21 heavy (non-hydrogen) atoms. The zero-order valence-corrected chi connectivity index (χ0v) is 12.1. The van der Waals surface area contributed by atoms with E-state index in [2.05, 4.69) is 0 Å². The minimum Gasteiger partial charge on any atom is -0.389 e. The number of nitrogens with two attached hydrogens (primary N) is 1. The number of sulfonamides is 1. The molecule has 0 saturated heterocycles. The van der Waals surface area contributed by atoms with Crippen molar-refractivity contribution in [3.05, 3.63) is 59.7 Å². The Morgan fingerprint density at radius 2 is 1.81 bits per heavy atom. The second-order valence-electron chi connectivity index (χ2n) is 4.10. The van der Waals surface area contributed by atoms with Crippen molar-refractivity contribution in [2.24, 2.45) is 5.73 Å². The highest BCUT2D eigenvalue weighted by atomic mass is 32.2.